The fourth-order valence-electron chi connectivity index (χ4n) is 2.62. The van der Waals surface area contributed by atoms with Crippen LogP contribution in [-0.4, -0.2) is 35.0 Å². The highest BCUT2D eigenvalue weighted by Crippen LogP contribution is 2.25. The first-order chi connectivity index (χ1) is 9.88. The Morgan fingerprint density at radius 3 is 2.62 bits per heavy atom. The first-order valence-corrected chi connectivity index (χ1v) is 7.58. The van der Waals surface area contributed by atoms with Gasteiger partial charge in [0.15, 0.2) is 0 Å². The summed E-state index contributed by atoms with van der Waals surface area (Å²) >= 11 is 11.9. The minimum Gasteiger partial charge on any atom is -0.481 e. The van der Waals surface area contributed by atoms with Crippen molar-refractivity contribution in [1.29, 1.82) is 0 Å². The van der Waals surface area contributed by atoms with Crippen molar-refractivity contribution in [2.24, 2.45) is 11.8 Å². The molecule has 2 unspecified atom stereocenters. The number of benzene rings is 1. The number of carbonyl (C=O) groups excluding carboxylic acids is 1. The zero-order valence-electron chi connectivity index (χ0n) is 11.7. The Labute approximate surface area is 133 Å². The van der Waals surface area contributed by atoms with Gasteiger partial charge in [0.25, 0.3) is 0 Å². The summed E-state index contributed by atoms with van der Waals surface area (Å²) in [6, 6.07) is 5.21. The molecule has 0 saturated carbocycles. The number of carboxylic acids is 1. The van der Waals surface area contributed by atoms with E-state index in [2.05, 4.69) is 0 Å². The second-order valence-electron chi connectivity index (χ2n) is 5.46. The van der Waals surface area contributed by atoms with Crippen LogP contribution >= 0.6 is 23.2 Å². The third kappa shape index (κ3) is 3.89. The summed E-state index contributed by atoms with van der Waals surface area (Å²) in [5.41, 5.74) is 0.872. The zero-order chi connectivity index (χ0) is 15.6. The van der Waals surface area contributed by atoms with Crippen LogP contribution in [0.1, 0.15) is 18.9 Å². The molecular formula is C15H17Cl2NO3. The van der Waals surface area contributed by atoms with E-state index in [0.717, 1.165) is 5.56 Å². The van der Waals surface area contributed by atoms with Crippen LogP contribution in [0, 0.1) is 11.8 Å². The number of carbonyl (C=O) groups is 2. The first kappa shape index (κ1) is 16.1. The summed E-state index contributed by atoms with van der Waals surface area (Å²) in [5, 5.41) is 10.2. The second-order valence-corrected chi connectivity index (χ2v) is 6.30. The standard InChI is InChI=1S/C15H17Cl2NO3/c1-9-7-18(8-12(9)15(20)21)14(19)5-3-10-2-4-11(16)6-13(10)17/h2,4,6,9,12H,3,5,7-8H2,1H3,(H,20,21). The van der Waals surface area contributed by atoms with E-state index in [1.807, 2.05) is 13.0 Å². The van der Waals surface area contributed by atoms with Gasteiger partial charge in [-0.25, -0.2) is 0 Å². The average molecular weight is 330 g/mol. The number of nitrogens with zero attached hydrogens (tertiary/aromatic N) is 1. The smallest absolute Gasteiger partial charge is 0.308 e. The lowest BCUT2D eigenvalue weighted by Gasteiger charge is -2.16. The number of aliphatic carboxylic acids is 1. The number of hydrogen-bond acceptors (Lipinski definition) is 2. The maximum atomic E-state index is 12.2. The highest BCUT2D eigenvalue weighted by atomic mass is 35.5. The Bertz CT molecular complexity index is 562. The molecule has 1 fully saturated rings. The van der Waals surface area contributed by atoms with Crippen molar-refractivity contribution < 1.29 is 14.7 Å². The highest BCUT2D eigenvalue weighted by Gasteiger charge is 2.36. The van der Waals surface area contributed by atoms with Crippen molar-refractivity contribution in [3.63, 3.8) is 0 Å². The first-order valence-electron chi connectivity index (χ1n) is 6.83. The van der Waals surface area contributed by atoms with Gasteiger partial charge in [-0.1, -0.05) is 36.2 Å². The normalized spacial score (nSPS) is 21.6. The van der Waals surface area contributed by atoms with Gasteiger partial charge in [-0.05, 0) is 30.0 Å². The average Bonchev–Trinajstić information content (AvgIpc) is 2.80. The fourth-order valence-corrected chi connectivity index (χ4v) is 3.12. The third-order valence-corrected chi connectivity index (χ3v) is 4.49. The van der Waals surface area contributed by atoms with Crippen LogP contribution in [0.4, 0.5) is 0 Å². The number of hydrogen-bond donors (Lipinski definition) is 1. The molecule has 0 aromatic heterocycles. The van der Waals surface area contributed by atoms with Crippen LogP contribution in [0.3, 0.4) is 0 Å². The van der Waals surface area contributed by atoms with Gasteiger partial charge in [0.1, 0.15) is 0 Å². The molecule has 0 bridgehead atoms. The highest BCUT2D eigenvalue weighted by molar-refractivity contribution is 6.35. The summed E-state index contributed by atoms with van der Waals surface area (Å²) in [7, 11) is 0. The molecule has 1 aromatic rings. The summed E-state index contributed by atoms with van der Waals surface area (Å²) in [5.74, 6) is -1.34. The zero-order valence-corrected chi connectivity index (χ0v) is 13.2. The molecule has 0 spiro atoms. The van der Waals surface area contributed by atoms with E-state index in [4.69, 9.17) is 28.3 Å². The largest absolute Gasteiger partial charge is 0.481 e. The Balaban J connectivity index is 1.92. The van der Waals surface area contributed by atoms with Crippen molar-refractivity contribution >= 4 is 35.1 Å². The molecule has 1 aliphatic heterocycles. The molecule has 21 heavy (non-hydrogen) atoms. The van der Waals surface area contributed by atoms with Crippen molar-refractivity contribution in [3.8, 4) is 0 Å². The van der Waals surface area contributed by atoms with Crippen molar-refractivity contribution in [2.75, 3.05) is 13.1 Å². The molecule has 1 aromatic carbocycles. The molecule has 0 radical (unpaired) electrons. The van der Waals surface area contributed by atoms with Crippen LogP contribution in [0.5, 0.6) is 0 Å². The predicted octanol–water partition coefficient (Wildman–Crippen LogP) is 3.11. The van der Waals surface area contributed by atoms with Gasteiger partial charge in [0.05, 0.1) is 5.92 Å². The Morgan fingerprint density at radius 2 is 2.05 bits per heavy atom. The molecule has 4 nitrogen and oxygen atoms in total. The lowest BCUT2D eigenvalue weighted by molar-refractivity contribution is -0.142. The van der Waals surface area contributed by atoms with E-state index < -0.39 is 11.9 Å². The van der Waals surface area contributed by atoms with Gasteiger partial charge >= 0.3 is 5.97 Å². The maximum Gasteiger partial charge on any atom is 0.308 e. The van der Waals surface area contributed by atoms with E-state index in [1.165, 1.54) is 0 Å². The lowest BCUT2D eigenvalue weighted by Crippen LogP contribution is -2.30. The molecule has 2 atom stereocenters. The van der Waals surface area contributed by atoms with E-state index in [0.29, 0.717) is 36.0 Å². The van der Waals surface area contributed by atoms with E-state index >= 15 is 0 Å². The number of aryl methyl sites for hydroxylation is 1. The topological polar surface area (TPSA) is 57.6 Å². The summed E-state index contributed by atoms with van der Waals surface area (Å²) in [6.07, 6.45) is 0.845. The quantitative estimate of drug-likeness (QED) is 0.923. The third-order valence-electron chi connectivity index (χ3n) is 3.91. The van der Waals surface area contributed by atoms with Crippen LogP contribution in [0.2, 0.25) is 10.0 Å². The van der Waals surface area contributed by atoms with Crippen LogP contribution in [0.15, 0.2) is 18.2 Å². The number of likely N-dealkylation sites (tertiary alicyclic amines) is 1. The fraction of sp³-hybridized carbons (Fsp3) is 0.467. The molecule has 114 valence electrons. The molecule has 1 amide bonds. The molecule has 2 rings (SSSR count). The molecule has 1 saturated heterocycles. The monoisotopic (exact) mass is 329 g/mol. The Hall–Kier alpha value is -1.26. The molecule has 1 N–H and O–H groups in total. The Kier molecular flexibility index (Phi) is 5.12. The summed E-state index contributed by atoms with van der Waals surface area (Å²) < 4.78 is 0. The number of halogens is 2. The summed E-state index contributed by atoms with van der Waals surface area (Å²) in [6.45, 7) is 2.66. The van der Waals surface area contributed by atoms with Gasteiger partial charge in [-0.15, -0.1) is 0 Å². The van der Waals surface area contributed by atoms with E-state index in [1.54, 1.807) is 17.0 Å². The maximum absolute atomic E-state index is 12.2. The molecular weight excluding hydrogens is 313 g/mol. The van der Waals surface area contributed by atoms with E-state index in [9.17, 15) is 9.59 Å². The van der Waals surface area contributed by atoms with E-state index in [-0.39, 0.29) is 11.8 Å². The van der Waals surface area contributed by atoms with Crippen molar-refractivity contribution in [3.05, 3.63) is 33.8 Å². The second kappa shape index (κ2) is 6.67. The van der Waals surface area contributed by atoms with Gasteiger partial charge in [-0.3, -0.25) is 9.59 Å². The summed E-state index contributed by atoms with van der Waals surface area (Å²) in [4.78, 5) is 24.9. The predicted molar refractivity (Wildman–Crippen MR) is 81.7 cm³/mol. The minimum absolute atomic E-state index is 0.00873. The number of amides is 1. The minimum atomic E-state index is -0.835. The lowest BCUT2D eigenvalue weighted by atomic mass is 9.99. The van der Waals surface area contributed by atoms with Gasteiger partial charge in [0, 0.05) is 29.6 Å². The molecule has 0 aliphatic carbocycles. The van der Waals surface area contributed by atoms with Gasteiger partial charge < -0.3 is 10.0 Å². The van der Waals surface area contributed by atoms with Gasteiger partial charge in [-0.2, -0.15) is 0 Å². The number of carboxylic acid groups (broad SMARTS) is 1. The van der Waals surface area contributed by atoms with Gasteiger partial charge in [0.2, 0.25) is 5.91 Å². The van der Waals surface area contributed by atoms with Crippen molar-refractivity contribution in [1.82, 2.24) is 4.90 Å². The Morgan fingerprint density at radius 1 is 1.33 bits per heavy atom. The van der Waals surface area contributed by atoms with Crippen LogP contribution < -0.4 is 0 Å². The molecule has 1 heterocycles. The number of rotatable bonds is 4. The molecule has 1 aliphatic rings. The van der Waals surface area contributed by atoms with Crippen LogP contribution in [-0.2, 0) is 16.0 Å². The van der Waals surface area contributed by atoms with Crippen LogP contribution in [0.25, 0.3) is 0 Å². The van der Waals surface area contributed by atoms with Crippen molar-refractivity contribution in [2.45, 2.75) is 19.8 Å². The molecule has 6 heteroatoms. The SMILES string of the molecule is CC1CN(C(=O)CCc2ccc(Cl)cc2Cl)CC1C(=O)O.